The van der Waals surface area contributed by atoms with Gasteiger partial charge in [0.2, 0.25) is 11.5 Å². The maximum atomic E-state index is 11.9. The molecule has 0 radical (unpaired) electrons. The smallest absolute Gasteiger partial charge is 0.312 e. The number of nitrogens with zero attached hydrogens (tertiary/aromatic N) is 1. The molecule has 1 aromatic carbocycles. The number of hydrogen-bond donors (Lipinski definition) is 0. The van der Waals surface area contributed by atoms with Crippen LogP contribution in [0.1, 0.15) is 9.67 Å². The summed E-state index contributed by atoms with van der Waals surface area (Å²) in [6, 6.07) is 7.92. The average molecular weight is 421 g/mol. The Morgan fingerprint density at radius 1 is 1.30 bits per heavy atom. The molecule has 2 aromatic rings. The predicted octanol–water partition coefficient (Wildman–Crippen LogP) is 4.44. The summed E-state index contributed by atoms with van der Waals surface area (Å²) >= 11 is 7.73. The van der Waals surface area contributed by atoms with Gasteiger partial charge in [-0.2, -0.15) is 0 Å². The minimum atomic E-state index is -0.549. The molecule has 2 rings (SSSR count). The van der Waals surface area contributed by atoms with E-state index in [2.05, 4.69) is 31.9 Å². The second-order valence-corrected chi connectivity index (χ2v) is 6.98. The number of ketones is 1. The van der Waals surface area contributed by atoms with Crippen molar-refractivity contribution < 1.29 is 14.5 Å². The quantitative estimate of drug-likeness (QED) is 0.407. The van der Waals surface area contributed by atoms with E-state index in [1.165, 1.54) is 23.5 Å². The van der Waals surface area contributed by atoms with Crippen LogP contribution < -0.4 is 4.74 Å². The van der Waals surface area contributed by atoms with Crippen molar-refractivity contribution in [1.29, 1.82) is 0 Å². The van der Waals surface area contributed by atoms with E-state index in [0.717, 1.165) is 3.79 Å². The number of carbonyl (C=O) groups excluding carboxylic acids is 1. The highest BCUT2D eigenvalue weighted by molar-refractivity contribution is 9.11. The van der Waals surface area contributed by atoms with Gasteiger partial charge in [0, 0.05) is 6.07 Å². The molecule has 0 aliphatic carbocycles. The minimum Gasteiger partial charge on any atom is -0.478 e. The molecular weight excluding hydrogens is 414 g/mol. The van der Waals surface area contributed by atoms with Gasteiger partial charge < -0.3 is 4.74 Å². The van der Waals surface area contributed by atoms with Gasteiger partial charge in [0.05, 0.1) is 18.1 Å². The van der Waals surface area contributed by atoms with Crippen LogP contribution in [0.25, 0.3) is 0 Å². The van der Waals surface area contributed by atoms with E-state index in [1.54, 1.807) is 18.2 Å². The molecule has 104 valence electrons. The number of para-hydroxylation sites is 1. The van der Waals surface area contributed by atoms with Crippen LogP contribution in [0.3, 0.4) is 0 Å². The van der Waals surface area contributed by atoms with Crippen LogP contribution in [0.5, 0.6) is 5.75 Å². The molecule has 0 aliphatic rings. The molecule has 0 amide bonds. The lowest BCUT2D eigenvalue weighted by Crippen LogP contribution is -2.11. The van der Waals surface area contributed by atoms with Crippen LogP contribution in [0.4, 0.5) is 5.69 Å². The lowest BCUT2D eigenvalue weighted by Gasteiger charge is -2.07. The molecule has 0 fully saturated rings. The standard InChI is InChI=1S/C12H7Br2NO4S/c13-7-2-1-3-8(15(17)18)12(7)19-6-9(16)10-4-5-11(14)20-10/h1-5H,6H2. The molecule has 0 spiro atoms. The number of carbonyl (C=O) groups is 1. The molecule has 0 saturated heterocycles. The van der Waals surface area contributed by atoms with Gasteiger partial charge in [0.15, 0.2) is 6.61 Å². The van der Waals surface area contributed by atoms with Crippen molar-refractivity contribution in [2.24, 2.45) is 0 Å². The molecule has 8 heteroatoms. The highest BCUT2D eigenvalue weighted by Crippen LogP contribution is 2.34. The van der Waals surface area contributed by atoms with E-state index in [4.69, 9.17) is 4.74 Å². The van der Waals surface area contributed by atoms with Crippen molar-refractivity contribution >= 4 is 54.7 Å². The fraction of sp³-hybridized carbons (Fsp3) is 0.0833. The van der Waals surface area contributed by atoms with Gasteiger partial charge in [0.25, 0.3) is 0 Å². The molecule has 0 unspecified atom stereocenters. The Morgan fingerprint density at radius 3 is 2.65 bits per heavy atom. The summed E-state index contributed by atoms with van der Waals surface area (Å²) in [5.41, 5.74) is -0.181. The van der Waals surface area contributed by atoms with Crippen LogP contribution in [0.2, 0.25) is 0 Å². The summed E-state index contributed by atoms with van der Waals surface area (Å²) in [5, 5.41) is 10.9. The van der Waals surface area contributed by atoms with Gasteiger partial charge >= 0.3 is 5.69 Å². The molecule has 5 nitrogen and oxygen atoms in total. The van der Waals surface area contributed by atoms with Crippen molar-refractivity contribution in [3.8, 4) is 5.75 Å². The molecule has 0 N–H and O–H groups in total. The van der Waals surface area contributed by atoms with E-state index in [0.29, 0.717) is 9.35 Å². The van der Waals surface area contributed by atoms with Gasteiger partial charge in [-0.1, -0.05) is 6.07 Å². The summed E-state index contributed by atoms with van der Waals surface area (Å²) in [6.45, 7) is -0.254. The van der Waals surface area contributed by atoms with Gasteiger partial charge in [-0.05, 0) is 50.1 Å². The monoisotopic (exact) mass is 419 g/mol. The van der Waals surface area contributed by atoms with E-state index in [9.17, 15) is 14.9 Å². The number of halogens is 2. The number of nitro groups is 1. The summed E-state index contributed by atoms with van der Waals surface area (Å²) in [6.07, 6.45) is 0. The van der Waals surface area contributed by atoms with Crippen LogP contribution >= 0.6 is 43.2 Å². The number of Topliss-reactive ketones (excluding diaryl/α,β-unsaturated/α-hetero) is 1. The average Bonchev–Trinajstić information content (AvgIpc) is 2.83. The Kier molecular flexibility index (Phi) is 4.90. The van der Waals surface area contributed by atoms with E-state index < -0.39 is 4.92 Å². The Bertz CT molecular complexity index is 671. The van der Waals surface area contributed by atoms with Gasteiger partial charge in [-0.3, -0.25) is 14.9 Å². The zero-order chi connectivity index (χ0) is 14.7. The summed E-state index contributed by atoms with van der Waals surface area (Å²) < 4.78 is 6.59. The second kappa shape index (κ2) is 6.47. The number of nitro benzene ring substituents is 1. The van der Waals surface area contributed by atoms with Crippen molar-refractivity contribution in [3.05, 3.63) is 53.6 Å². The summed E-state index contributed by atoms with van der Waals surface area (Å²) in [4.78, 5) is 22.8. The second-order valence-electron chi connectivity index (χ2n) is 3.66. The maximum absolute atomic E-state index is 11.9. The largest absolute Gasteiger partial charge is 0.478 e. The van der Waals surface area contributed by atoms with E-state index in [-0.39, 0.29) is 23.8 Å². The normalized spacial score (nSPS) is 10.3. The Balaban J connectivity index is 2.15. The number of hydrogen-bond acceptors (Lipinski definition) is 5. The van der Waals surface area contributed by atoms with Crippen molar-refractivity contribution in [2.45, 2.75) is 0 Å². The SMILES string of the molecule is O=C(COc1c(Br)cccc1[N+](=O)[O-])c1ccc(Br)s1. The third-order valence-electron chi connectivity index (χ3n) is 2.34. The van der Waals surface area contributed by atoms with Crippen LogP contribution in [-0.4, -0.2) is 17.3 Å². The number of thiophene rings is 1. The molecular formula is C12H7Br2NO4S. The summed E-state index contributed by atoms with van der Waals surface area (Å²) in [7, 11) is 0. The fourth-order valence-electron chi connectivity index (χ4n) is 1.46. The van der Waals surface area contributed by atoms with Crippen molar-refractivity contribution in [2.75, 3.05) is 6.61 Å². The van der Waals surface area contributed by atoms with Gasteiger partial charge in [-0.15, -0.1) is 11.3 Å². The third-order valence-corrected chi connectivity index (χ3v) is 4.63. The van der Waals surface area contributed by atoms with Gasteiger partial charge in [0.1, 0.15) is 0 Å². The zero-order valence-corrected chi connectivity index (χ0v) is 13.8. The van der Waals surface area contributed by atoms with E-state index in [1.807, 2.05) is 0 Å². The lowest BCUT2D eigenvalue weighted by molar-refractivity contribution is -0.385. The molecule has 20 heavy (non-hydrogen) atoms. The first-order valence-corrected chi connectivity index (χ1v) is 7.73. The fourth-order valence-corrected chi connectivity index (χ4v) is 3.24. The maximum Gasteiger partial charge on any atom is 0.312 e. The Labute approximate surface area is 135 Å². The van der Waals surface area contributed by atoms with Crippen molar-refractivity contribution in [3.63, 3.8) is 0 Å². The highest BCUT2D eigenvalue weighted by Gasteiger charge is 2.19. The molecule has 1 aromatic heterocycles. The number of ether oxygens (including phenoxy) is 1. The molecule has 1 heterocycles. The third kappa shape index (κ3) is 3.44. The van der Waals surface area contributed by atoms with Crippen LogP contribution in [0, 0.1) is 10.1 Å². The van der Waals surface area contributed by atoms with Crippen LogP contribution in [0.15, 0.2) is 38.6 Å². The topological polar surface area (TPSA) is 69.4 Å². The predicted molar refractivity (Wildman–Crippen MR) is 82.6 cm³/mol. The Morgan fingerprint density at radius 2 is 2.05 bits per heavy atom. The number of benzene rings is 1. The van der Waals surface area contributed by atoms with Gasteiger partial charge in [-0.25, -0.2) is 0 Å². The summed E-state index contributed by atoms with van der Waals surface area (Å²) in [5.74, 6) is -0.174. The molecule has 0 atom stereocenters. The Hall–Kier alpha value is -1.25. The highest BCUT2D eigenvalue weighted by atomic mass is 79.9. The minimum absolute atomic E-state index is 0.0569. The first-order valence-electron chi connectivity index (χ1n) is 5.33. The van der Waals surface area contributed by atoms with Crippen molar-refractivity contribution in [1.82, 2.24) is 0 Å². The first-order chi connectivity index (χ1) is 9.49. The molecule has 0 aliphatic heterocycles. The number of rotatable bonds is 5. The molecule has 0 saturated carbocycles. The first kappa shape index (κ1) is 15.1. The van der Waals surface area contributed by atoms with E-state index >= 15 is 0 Å². The van der Waals surface area contributed by atoms with Crippen LogP contribution in [-0.2, 0) is 0 Å². The molecule has 0 bridgehead atoms. The lowest BCUT2D eigenvalue weighted by atomic mass is 10.3. The zero-order valence-electron chi connectivity index (χ0n) is 9.84.